The van der Waals surface area contributed by atoms with Crippen LogP contribution in [0, 0.1) is 5.82 Å². The molecule has 1 aromatic heterocycles. The van der Waals surface area contributed by atoms with E-state index in [-0.39, 0.29) is 11.9 Å². The van der Waals surface area contributed by atoms with Crippen molar-refractivity contribution in [1.29, 1.82) is 0 Å². The Morgan fingerprint density at radius 1 is 1.25 bits per heavy atom. The molecule has 0 aliphatic heterocycles. The summed E-state index contributed by atoms with van der Waals surface area (Å²) in [6.45, 7) is 1.90. The summed E-state index contributed by atoms with van der Waals surface area (Å²) in [5.74, 6) is -0.321. The van der Waals surface area contributed by atoms with Crippen molar-refractivity contribution in [1.82, 2.24) is 15.0 Å². The number of fused-ring (bicyclic) bond motifs is 1. The van der Waals surface area contributed by atoms with Gasteiger partial charge in [-0.15, -0.1) is 5.10 Å². The molecule has 0 aliphatic carbocycles. The number of halogens is 1. The molecular formula is C15H15FN4. The van der Waals surface area contributed by atoms with Crippen molar-refractivity contribution in [3.63, 3.8) is 0 Å². The molecule has 20 heavy (non-hydrogen) atoms. The van der Waals surface area contributed by atoms with Crippen molar-refractivity contribution in [2.24, 2.45) is 5.73 Å². The average molecular weight is 270 g/mol. The van der Waals surface area contributed by atoms with Gasteiger partial charge in [0.05, 0.1) is 5.52 Å². The van der Waals surface area contributed by atoms with Gasteiger partial charge in [0.1, 0.15) is 17.0 Å². The molecule has 2 N–H and O–H groups in total. The summed E-state index contributed by atoms with van der Waals surface area (Å²) in [6.07, 6.45) is 0.648. The lowest BCUT2D eigenvalue weighted by Crippen LogP contribution is -2.17. The first-order valence-electron chi connectivity index (χ1n) is 6.50. The minimum Gasteiger partial charge on any atom is -0.328 e. The number of nitrogens with two attached hydrogens (primary N) is 1. The summed E-state index contributed by atoms with van der Waals surface area (Å²) in [7, 11) is 0. The highest BCUT2D eigenvalue weighted by atomic mass is 19.1. The lowest BCUT2D eigenvalue weighted by Gasteiger charge is -2.08. The first-order valence-corrected chi connectivity index (χ1v) is 6.50. The van der Waals surface area contributed by atoms with Crippen molar-refractivity contribution in [3.05, 3.63) is 53.8 Å². The van der Waals surface area contributed by atoms with Crippen LogP contribution >= 0.6 is 0 Å². The van der Waals surface area contributed by atoms with Crippen molar-refractivity contribution in [3.8, 4) is 5.69 Å². The highest BCUT2D eigenvalue weighted by Gasteiger charge is 2.11. The molecule has 4 nitrogen and oxygen atoms in total. The zero-order chi connectivity index (χ0) is 14.1. The van der Waals surface area contributed by atoms with Gasteiger partial charge in [-0.05, 0) is 43.2 Å². The summed E-state index contributed by atoms with van der Waals surface area (Å²) in [5, 5.41) is 8.05. The summed E-state index contributed by atoms with van der Waals surface area (Å²) in [4.78, 5) is 0. The first-order chi connectivity index (χ1) is 9.65. The van der Waals surface area contributed by atoms with Crippen LogP contribution < -0.4 is 5.73 Å². The van der Waals surface area contributed by atoms with E-state index in [1.807, 2.05) is 37.3 Å². The van der Waals surface area contributed by atoms with E-state index in [0.29, 0.717) is 12.1 Å². The maximum absolute atomic E-state index is 14.3. The minimum atomic E-state index is -0.321. The molecule has 3 rings (SSSR count). The van der Waals surface area contributed by atoms with Crippen molar-refractivity contribution < 1.29 is 4.39 Å². The molecule has 1 unspecified atom stereocenters. The molecule has 0 radical (unpaired) electrons. The summed E-state index contributed by atoms with van der Waals surface area (Å²) in [5.41, 5.74) is 8.53. The molecule has 0 bridgehead atoms. The first kappa shape index (κ1) is 12.7. The third kappa shape index (κ3) is 2.28. The fourth-order valence-electron chi connectivity index (χ4n) is 2.27. The van der Waals surface area contributed by atoms with Crippen molar-refractivity contribution >= 4 is 11.0 Å². The van der Waals surface area contributed by atoms with E-state index >= 15 is 0 Å². The third-order valence-corrected chi connectivity index (χ3v) is 3.15. The molecule has 3 aromatic rings. The quantitative estimate of drug-likeness (QED) is 0.795. The molecule has 1 heterocycles. The van der Waals surface area contributed by atoms with E-state index in [1.54, 1.807) is 6.07 Å². The summed E-state index contributed by atoms with van der Waals surface area (Å²) < 4.78 is 15.8. The summed E-state index contributed by atoms with van der Waals surface area (Å²) >= 11 is 0. The largest absolute Gasteiger partial charge is 0.328 e. The molecule has 102 valence electrons. The van der Waals surface area contributed by atoms with Crippen molar-refractivity contribution in [2.45, 2.75) is 19.4 Å². The monoisotopic (exact) mass is 270 g/mol. The maximum atomic E-state index is 14.3. The molecule has 0 amide bonds. The molecule has 2 aromatic carbocycles. The van der Waals surface area contributed by atoms with E-state index in [9.17, 15) is 4.39 Å². The van der Waals surface area contributed by atoms with Gasteiger partial charge in [-0.25, -0.2) is 9.07 Å². The predicted molar refractivity (Wildman–Crippen MR) is 76.2 cm³/mol. The molecule has 0 saturated carbocycles. The lowest BCUT2D eigenvalue weighted by molar-refractivity contribution is 0.605. The number of hydrogen-bond acceptors (Lipinski definition) is 3. The van der Waals surface area contributed by atoms with Gasteiger partial charge in [-0.3, -0.25) is 0 Å². The minimum absolute atomic E-state index is 0.00690. The molecule has 5 heteroatoms. The highest BCUT2D eigenvalue weighted by Crippen LogP contribution is 2.20. The van der Waals surface area contributed by atoms with Crippen LogP contribution in [0.2, 0.25) is 0 Å². The van der Waals surface area contributed by atoms with Crippen molar-refractivity contribution in [2.75, 3.05) is 0 Å². The van der Waals surface area contributed by atoms with E-state index < -0.39 is 0 Å². The van der Waals surface area contributed by atoms with Gasteiger partial charge in [0.25, 0.3) is 0 Å². The molecular weight excluding hydrogens is 255 g/mol. The second-order valence-electron chi connectivity index (χ2n) is 4.96. The van der Waals surface area contributed by atoms with E-state index in [2.05, 4.69) is 10.3 Å². The van der Waals surface area contributed by atoms with Gasteiger partial charge in [-0.1, -0.05) is 23.4 Å². The zero-order valence-corrected chi connectivity index (χ0v) is 11.1. The molecule has 0 spiro atoms. The second-order valence-corrected chi connectivity index (χ2v) is 4.96. The zero-order valence-electron chi connectivity index (χ0n) is 11.1. The Kier molecular flexibility index (Phi) is 3.20. The number of para-hydroxylation sites is 1. The van der Waals surface area contributed by atoms with Crippen LogP contribution in [-0.4, -0.2) is 21.0 Å². The second kappa shape index (κ2) is 5.02. The van der Waals surface area contributed by atoms with Crippen LogP contribution in [0.1, 0.15) is 12.5 Å². The van der Waals surface area contributed by atoms with Gasteiger partial charge in [0.15, 0.2) is 0 Å². The predicted octanol–water partition coefficient (Wildman–Crippen LogP) is 2.45. The highest BCUT2D eigenvalue weighted by molar-refractivity contribution is 5.75. The number of benzene rings is 2. The molecule has 0 saturated heterocycles. The Balaban J connectivity index is 2.06. The van der Waals surface area contributed by atoms with E-state index in [0.717, 1.165) is 16.6 Å². The number of rotatable bonds is 3. The van der Waals surface area contributed by atoms with Gasteiger partial charge in [0, 0.05) is 6.04 Å². The van der Waals surface area contributed by atoms with Crippen LogP contribution in [0.25, 0.3) is 16.7 Å². The maximum Gasteiger partial charge on any atom is 0.149 e. The van der Waals surface area contributed by atoms with E-state index in [1.165, 1.54) is 10.7 Å². The number of hydrogen-bond donors (Lipinski definition) is 1. The molecule has 0 fully saturated rings. The normalized spacial score (nSPS) is 12.8. The van der Waals surface area contributed by atoms with Crippen LogP contribution in [0.3, 0.4) is 0 Å². The van der Waals surface area contributed by atoms with Gasteiger partial charge in [-0.2, -0.15) is 0 Å². The SMILES string of the molecule is CC(N)Cc1ccc(-n2nnc3ccccc32)c(F)c1. The Bertz CT molecular complexity index is 748. The Hall–Kier alpha value is -2.27. The van der Waals surface area contributed by atoms with Crippen LogP contribution in [-0.2, 0) is 6.42 Å². The number of aromatic nitrogens is 3. The number of nitrogens with zero attached hydrogens (tertiary/aromatic N) is 3. The van der Waals surface area contributed by atoms with Crippen LogP contribution in [0.5, 0.6) is 0 Å². The Labute approximate surface area is 116 Å². The van der Waals surface area contributed by atoms with Gasteiger partial charge in [0.2, 0.25) is 0 Å². The van der Waals surface area contributed by atoms with Gasteiger partial charge >= 0.3 is 0 Å². The molecule has 1 atom stereocenters. The van der Waals surface area contributed by atoms with Gasteiger partial charge < -0.3 is 5.73 Å². The van der Waals surface area contributed by atoms with Crippen LogP contribution in [0.4, 0.5) is 4.39 Å². The van der Waals surface area contributed by atoms with Crippen LogP contribution in [0.15, 0.2) is 42.5 Å². The third-order valence-electron chi connectivity index (χ3n) is 3.15. The smallest absolute Gasteiger partial charge is 0.149 e. The Morgan fingerprint density at radius 3 is 2.80 bits per heavy atom. The summed E-state index contributed by atoms with van der Waals surface area (Å²) in [6, 6.07) is 12.6. The lowest BCUT2D eigenvalue weighted by atomic mass is 10.1. The van der Waals surface area contributed by atoms with E-state index in [4.69, 9.17) is 5.73 Å². The fraction of sp³-hybridized carbons (Fsp3) is 0.200. The molecule has 0 aliphatic rings. The topological polar surface area (TPSA) is 56.7 Å². The standard InChI is InChI=1S/C15H15FN4/c1-10(17)8-11-6-7-14(12(16)9-11)20-15-5-3-2-4-13(15)18-19-20/h2-7,9-10H,8,17H2,1H3. The Morgan fingerprint density at radius 2 is 2.05 bits per heavy atom. The fourth-order valence-corrected chi connectivity index (χ4v) is 2.27. The average Bonchev–Trinajstić information content (AvgIpc) is 2.82.